The molecule has 0 aliphatic carbocycles. The van der Waals surface area contributed by atoms with E-state index in [9.17, 15) is 27.0 Å². The average molecular weight is 710 g/mol. The molecule has 5 aromatic rings. The van der Waals surface area contributed by atoms with E-state index in [-0.39, 0.29) is 18.7 Å². The van der Waals surface area contributed by atoms with Gasteiger partial charge in [-0.15, -0.1) is 19.7 Å². The molecule has 0 unspecified atom stereocenters. The van der Waals surface area contributed by atoms with Crippen molar-refractivity contribution in [3.63, 3.8) is 0 Å². The van der Waals surface area contributed by atoms with E-state index in [0.717, 1.165) is 17.7 Å². The molecule has 47 heavy (non-hydrogen) atoms. The molecule has 0 radical (unpaired) electrons. The Morgan fingerprint density at radius 2 is 1.32 bits per heavy atom. The van der Waals surface area contributed by atoms with E-state index < -0.39 is 32.6 Å². The minimum absolute atomic E-state index is 0.121. The van der Waals surface area contributed by atoms with Crippen LogP contribution >= 0.6 is 26.5 Å². The summed E-state index contributed by atoms with van der Waals surface area (Å²) in [5.74, 6) is 1.23. The molecule has 246 valence electrons. The van der Waals surface area contributed by atoms with Gasteiger partial charge in [0.2, 0.25) is 5.13 Å². The molecule has 0 saturated heterocycles. The Hall–Kier alpha value is -3.94. The van der Waals surface area contributed by atoms with Gasteiger partial charge in [0.1, 0.15) is 16.5 Å². The topological polar surface area (TPSA) is 131 Å². The number of halogens is 4. The summed E-state index contributed by atoms with van der Waals surface area (Å²) in [5, 5.41) is 9.70. The molecule has 0 aliphatic heterocycles. The van der Waals surface area contributed by atoms with Crippen molar-refractivity contribution < 1.29 is 50.9 Å². The largest absolute Gasteiger partial charge is 0.457 e. The fourth-order valence-electron chi connectivity index (χ4n) is 4.42. The fourth-order valence-corrected chi connectivity index (χ4v) is 6.52. The first-order chi connectivity index (χ1) is 22.4. The molecule has 0 saturated carbocycles. The Balaban J connectivity index is 1.41. The molecule has 4 aromatic carbocycles. The van der Waals surface area contributed by atoms with Crippen LogP contribution in [-0.2, 0) is 43.5 Å². The second kappa shape index (κ2) is 14.4. The Morgan fingerprint density at radius 3 is 1.91 bits per heavy atom. The van der Waals surface area contributed by atoms with E-state index in [1.54, 1.807) is 29.2 Å². The number of nitrogens with zero attached hydrogens (tertiary/aromatic N) is 3. The Kier molecular flexibility index (Phi) is 10.6. The molecular formula is C30H25F4N3O7P2S. The van der Waals surface area contributed by atoms with Gasteiger partial charge in [0, 0.05) is 24.2 Å². The van der Waals surface area contributed by atoms with E-state index in [1.165, 1.54) is 35.6 Å². The van der Waals surface area contributed by atoms with Crippen LogP contribution in [0.25, 0.3) is 10.6 Å². The summed E-state index contributed by atoms with van der Waals surface area (Å²) in [6.07, 6.45) is -0.650. The number of rotatable bonds is 14. The maximum Gasteiger partial charge on any atom is 0.399 e. The first-order valence-electron chi connectivity index (χ1n) is 13.6. The number of para-hydroxylation sites is 1. The minimum atomic E-state index is -5.74. The molecule has 0 aliphatic rings. The summed E-state index contributed by atoms with van der Waals surface area (Å²) >= 11 is 1.25. The van der Waals surface area contributed by atoms with Crippen molar-refractivity contribution in [3.8, 4) is 22.1 Å². The SMILES string of the molecule is O=P(Cc1ccc(CN(Cc2ccc(C(F)(F)P(=O)(O)O)cc2)c2nnc(-c3cccc(Oc4ccccc4)c3)s2)cc1)(OF)OF. The number of alkyl halides is 2. The van der Waals surface area contributed by atoms with Gasteiger partial charge in [0.05, 0.1) is 6.16 Å². The average Bonchev–Trinajstić information content (AvgIpc) is 3.56. The predicted octanol–water partition coefficient (Wildman–Crippen LogP) is 8.93. The lowest BCUT2D eigenvalue weighted by Gasteiger charge is -2.23. The maximum atomic E-state index is 14.2. The monoisotopic (exact) mass is 709 g/mol. The van der Waals surface area contributed by atoms with Crippen molar-refractivity contribution in [1.82, 2.24) is 10.2 Å². The third-order valence-electron chi connectivity index (χ3n) is 6.77. The molecule has 1 aromatic heterocycles. The first-order valence-corrected chi connectivity index (χ1v) is 17.8. The highest BCUT2D eigenvalue weighted by Gasteiger charge is 2.50. The van der Waals surface area contributed by atoms with Crippen LogP contribution in [0.15, 0.2) is 103 Å². The summed E-state index contributed by atoms with van der Waals surface area (Å²) in [7, 11) is -10.3. The number of hydrogen-bond acceptors (Lipinski definition) is 9. The van der Waals surface area contributed by atoms with Gasteiger partial charge in [-0.1, -0.05) is 90.2 Å². The number of benzene rings is 4. The molecule has 0 fully saturated rings. The van der Waals surface area contributed by atoms with Crippen molar-refractivity contribution in [2.24, 2.45) is 0 Å². The molecule has 2 N–H and O–H groups in total. The van der Waals surface area contributed by atoms with Crippen LogP contribution < -0.4 is 9.64 Å². The zero-order valence-electron chi connectivity index (χ0n) is 24.0. The van der Waals surface area contributed by atoms with Gasteiger partial charge < -0.3 is 19.4 Å². The van der Waals surface area contributed by atoms with Crippen molar-refractivity contribution in [2.75, 3.05) is 4.90 Å². The number of anilines is 1. The molecule has 5 rings (SSSR count). The summed E-state index contributed by atoms with van der Waals surface area (Å²) in [5.41, 5.74) is -2.99. The zero-order chi connectivity index (χ0) is 33.7. The number of hydrogen-bond donors (Lipinski definition) is 2. The highest BCUT2D eigenvalue weighted by Crippen LogP contribution is 2.59. The lowest BCUT2D eigenvalue weighted by atomic mass is 10.1. The third-order valence-corrected chi connectivity index (χ3v) is 9.96. The van der Waals surface area contributed by atoms with Gasteiger partial charge in [-0.05, 0) is 50.0 Å². The van der Waals surface area contributed by atoms with Crippen LogP contribution in [0.1, 0.15) is 22.3 Å². The molecule has 1 heterocycles. The smallest absolute Gasteiger partial charge is 0.399 e. The second-order valence-corrected chi connectivity index (χ2v) is 14.6. The van der Waals surface area contributed by atoms with Crippen molar-refractivity contribution in [2.45, 2.75) is 24.9 Å². The van der Waals surface area contributed by atoms with E-state index in [0.29, 0.717) is 32.8 Å². The summed E-state index contributed by atoms with van der Waals surface area (Å²) in [4.78, 5) is 20.0. The van der Waals surface area contributed by atoms with Crippen molar-refractivity contribution in [1.29, 1.82) is 0 Å². The zero-order valence-corrected chi connectivity index (χ0v) is 26.6. The normalized spacial score (nSPS) is 12.2. The van der Waals surface area contributed by atoms with Crippen LogP contribution in [0, 0.1) is 0 Å². The van der Waals surface area contributed by atoms with Gasteiger partial charge in [-0.2, -0.15) is 8.78 Å². The lowest BCUT2D eigenvalue weighted by molar-refractivity contribution is -0.0881. The Labute approximate surface area is 269 Å². The molecular weight excluding hydrogens is 684 g/mol. The molecule has 0 bridgehead atoms. The van der Waals surface area contributed by atoms with Crippen molar-refractivity contribution in [3.05, 3.63) is 125 Å². The van der Waals surface area contributed by atoms with Crippen LogP contribution in [0.3, 0.4) is 0 Å². The fraction of sp³-hybridized carbons (Fsp3) is 0.133. The molecule has 10 nitrogen and oxygen atoms in total. The van der Waals surface area contributed by atoms with Gasteiger partial charge >= 0.3 is 20.9 Å². The highest BCUT2D eigenvalue weighted by atomic mass is 32.1. The van der Waals surface area contributed by atoms with E-state index in [1.807, 2.05) is 42.5 Å². The summed E-state index contributed by atoms with van der Waals surface area (Å²) < 4.78 is 89.0. The van der Waals surface area contributed by atoms with Gasteiger partial charge in [-0.25, -0.2) is 0 Å². The Bertz CT molecular complexity index is 1890. The van der Waals surface area contributed by atoms with Crippen molar-refractivity contribution >= 4 is 31.7 Å². The molecule has 0 spiro atoms. The van der Waals surface area contributed by atoms with Crippen LogP contribution in [0.4, 0.5) is 23.0 Å². The summed E-state index contributed by atoms with van der Waals surface area (Å²) in [6.45, 7) is 0.319. The first kappa shape index (κ1) is 34.4. The standard InChI is InChI=1S/C30H25F4N3O7P2S/c31-30(32,46(39,40)41)25-15-13-22(14-16-25)19-37(18-21-9-11-23(12-10-21)20-45(38,43-33)44-34)29-36-35-28(47-29)24-5-4-8-27(17-24)42-26-6-2-1-3-7-26/h1-17H,18-20H2,(H2,39,40,41). The molecule has 17 heteroatoms. The number of ether oxygens (including phenoxy) is 1. The third kappa shape index (κ3) is 8.51. The Morgan fingerprint density at radius 1 is 0.745 bits per heavy atom. The van der Waals surface area contributed by atoms with Crippen LogP contribution in [-0.4, -0.2) is 20.0 Å². The molecule has 0 atom stereocenters. The maximum absolute atomic E-state index is 14.2. The minimum Gasteiger partial charge on any atom is -0.457 e. The van der Waals surface area contributed by atoms with Crippen LogP contribution in [0.2, 0.25) is 0 Å². The van der Waals surface area contributed by atoms with E-state index >= 15 is 0 Å². The van der Waals surface area contributed by atoms with E-state index in [4.69, 9.17) is 14.5 Å². The summed E-state index contributed by atoms with van der Waals surface area (Å²) in [6, 6.07) is 27.2. The van der Waals surface area contributed by atoms with Gasteiger partial charge in [0.25, 0.3) is 0 Å². The lowest BCUT2D eigenvalue weighted by Crippen LogP contribution is -2.22. The second-order valence-electron chi connectivity index (χ2n) is 10.2. The number of aromatic nitrogens is 2. The molecule has 0 amide bonds. The van der Waals surface area contributed by atoms with Gasteiger partial charge in [0.15, 0.2) is 0 Å². The van der Waals surface area contributed by atoms with Gasteiger partial charge in [-0.3, -0.25) is 9.13 Å². The quantitative estimate of drug-likeness (QED) is 0.0851. The van der Waals surface area contributed by atoms with Crippen LogP contribution in [0.5, 0.6) is 11.5 Å². The van der Waals surface area contributed by atoms with E-state index in [2.05, 4.69) is 19.7 Å². The highest BCUT2D eigenvalue weighted by molar-refractivity contribution is 7.53. The predicted molar refractivity (Wildman–Crippen MR) is 166 cm³/mol.